The fraction of sp³-hybridized carbons (Fsp3) is 0.500. The number of amides is 1. The van der Waals surface area contributed by atoms with Gasteiger partial charge in [-0.3, -0.25) is 4.79 Å². The number of rotatable bonds is 0. The Morgan fingerprint density at radius 1 is 1.35 bits per heavy atom. The van der Waals surface area contributed by atoms with Gasteiger partial charge in [-0.05, 0) is 36.3 Å². The highest BCUT2D eigenvalue weighted by molar-refractivity contribution is 5.79. The van der Waals surface area contributed by atoms with E-state index < -0.39 is 12.1 Å². The lowest BCUT2D eigenvalue weighted by Gasteiger charge is -2.12. The molecule has 2 atom stereocenters. The normalized spacial score (nSPS) is 22.1. The van der Waals surface area contributed by atoms with Crippen molar-refractivity contribution in [2.75, 3.05) is 0 Å². The maximum absolute atomic E-state index is 10.7. The lowest BCUT2D eigenvalue weighted by Crippen LogP contribution is -2.30. The summed E-state index contributed by atoms with van der Waals surface area (Å²) in [7, 11) is 0. The first-order valence-electron chi connectivity index (χ1n) is 6.34. The Labute approximate surface area is 115 Å². The molecule has 20 heavy (non-hydrogen) atoms. The largest absolute Gasteiger partial charge is 0.470 e. The Kier molecular flexibility index (Phi) is 5.56. The summed E-state index contributed by atoms with van der Waals surface area (Å²) in [5, 5.41) is 9.91. The highest BCUT2D eigenvalue weighted by Crippen LogP contribution is 2.31. The Morgan fingerprint density at radius 3 is 2.45 bits per heavy atom. The van der Waals surface area contributed by atoms with E-state index >= 15 is 0 Å². The van der Waals surface area contributed by atoms with Crippen LogP contribution in [0.4, 0.5) is 13.2 Å². The molecule has 3 N–H and O–H groups in total. The first-order chi connectivity index (χ1) is 9.21. The SMILES string of the molecule is CC1CCc2ccccc2C(O)C1.NC(=O)C(F)(F)F. The molecule has 112 valence electrons. The molecule has 0 bridgehead atoms. The molecule has 0 aliphatic heterocycles. The van der Waals surface area contributed by atoms with Crippen LogP contribution in [0.1, 0.15) is 37.0 Å². The zero-order valence-electron chi connectivity index (χ0n) is 11.2. The smallest absolute Gasteiger partial charge is 0.388 e. The standard InChI is InChI=1S/C12H16O.C2H2F3NO/c1-9-6-7-10-4-2-3-5-11(10)12(13)8-9;3-2(4,5)1(6)7/h2-5,9,12-13H,6-8H2,1H3;(H2,6,7). The van der Waals surface area contributed by atoms with Crippen LogP contribution >= 0.6 is 0 Å². The van der Waals surface area contributed by atoms with Gasteiger partial charge >= 0.3 is 12.1 Å². The second-order valence-electron chi connectivity index (χ2n) is 4.96. The Bertz CT molecular complexity index is 460. The van der Waals surface area contributed by atoms with Crippen LogP contribution in [-0.4, -0.2) is 17.2 Å². The van der Waals surface area contributed by atoms with Crippen LogP contribution in [0.25, 0.3) is 0 Å². The molecule has 3 nitrogen and oxygen atoms in total. The van der Waals surface area contributed by atoms with E-state index in [1.807, 2.05) is 6.07 Å². The van der Waals surface area contributed by atoms with Crippen molar-refractivity contribution in [1.82, 2.24) is 0 Å². The lowest BCUT2D eigenvalue weighted by atomic mass is 10.00. The van der Waals surface area contributed by atoms with Gasteiger partial charge in [0.15, 0.2) is 0 Å². The molecule has 0 fully saturated rings. The molecule has 2 unspecified atom stereocenters. The number of carbonyl (C=O) groups is 1. The second kappa shape index (κ2) is 6.74. The van der Waals surface area contributed by atoms with E-state index in [4.69, 9.17) is 4.79 Å². The van der Waals surface area contributed by atoms with Crippen molar-refractivity contribution in [1.29, 1.82) is 0 Å². The summed E-state index contributed by atoms with van der Waals surface area (Å²) in [5.74, 6) is -1.62. The quantitative estimate of drug-likeness (QED) is 0.721. The Hall–Kier alpha value is -1.56. The van der Waals surface area contributed by atoms with Gasteiger partial charge in [-0.1, -0.05) is 31.2 Å². The number of fused-ring (bicyclic) bond motifs is 1. The number of aliphatic hydroxyl groups excluding tert-OH is 1. The summed E-state index contributed by atoms with van der Waals surface area (Å²) in [6, 6.07) is 8.26. The summed E-state index contributed by atoms with van der Waals surface area (Å²) in [6.45, 7) is 2.22. The topological polar surface area (TPSA) is 63.3 Å². The van der Waals surface area contributed by atoms with Crippen molar-refractivity contribution in [3.63, 3.8) is 0 Å². The summed E-state index contributed by atoms with van der Waals surface area (Å²) < 4.78 is 32.1. The molecule has 0 saturated heterocycles. The van der Waals surface area contributed by atoms with Crippen molar-refractivity contribution in [2.24, 2.45) is 11.7 Å². The molecule has 1 aromatic rings. The van der Waals surface area contributed by atoms with E-state index in [9.17, 15) is 18.3 Å². The molecule has 0 spiro atoms. The third-order valence-electron chi connectivity index (χ3n) is 3.23. The van der Waals surface area contributed by atoms with Gasteiger partial charge in [0, 0.05) is 0 Å². The third kappa shape index (κ3) is 4.85. The first-order valence-corrected chi connectivity index (χ1v) is 6.34. The number of halogens is 3. The number of primary amides is 1. The molecular weight excluding hydrogens is 271 g/mol. The predicted molar refractivity (Wildman–Crippen MR) is 68.8 cm³/mol. The fourth-order valence-corrected chi connectivity index (χ4v) is 2.11. The van der Waals surface area contributed by atoms with E-state index in [-0.39, 0.29) is 6.10 Å². The Balaban J connectivity index is 0.000000246. The van der Waals surface area contributed by atoms with Crippen molar-refractivity contribution in [3.05, 3.63) is 35.4 Å². The summed E-state index contributed by atoms with van der Waals surface area (Å²) in [4.78, 5) is 9.12. The molecule has 0 radical (unpaired) electrons. The number of hydrogen-bond donors (Lipinski definition) is 2. The van der Waals surface area contributed by atoms with Gasteiger partial charge in [0.05, 0.1) is 6.10 Å². The molecule has 1 aliphatic rings. The average Bonchev–Trinajstić information content (AvgIpc) is 2.49. The average molecular weight is 289 g/mol. The number of hydrogen-bond acceptors (Lipinski definition) is 2. The molecule has 6 heteroatoms. The van der Waals surface area contributed by atoms with Gasteiger partial charge in [0.2, 0.25) is 0 Å². The maximum Gasteiger partial charge on any atom is 0.470 e. The molecule has 1 aromatic carbocycles. The highest BCUT2D eigenvalue weighted by atomic mass is 19.4. The summed E-state index contributed by atoms with van der Waals surface area (Å²) >= 11 is 0. The molecule has 0 saturated carbocycles. The van der Waals surface area contributed by atoms with E-state index in [0.717, 1.165) is 18.4 Å². The minimum Gasteiger partial charge on any atom is -0.388 e. The van der Waals surface area contributed by atoms with Crippen LogP contribution < -0.4 is 5.73 Å². The highest BCUT2D eigenvalue weighted by Gasteiger charge is 2.35. The molecule has 1 amide bonds. The van der Waals surface area contributed by atoms with Gasteiger partial charge < -0.3 is 10.8 Å². The molecule has 0 aromatic heterocycles. The lowest BCUT2D eigenvalue weighted by molar-refractivity contribution is -0.169. The molecule has 1 aliphatic carbocycles. The van der Waals surface area contributed by atoms with E-state index in [1.54, 1.807) is 0 Å². The van der Waals surface area contributed by atoms with Gasteiger partial charge in [0.1, 0.15) is 0 Å². The van der Waals surface area contributed by atoms with Crippen LogP contribution in [0.15, 0.2) is 24.3 Å². The fourth-order valence-electron chi connectivity index (χ4n) is 2.11. The van der Waals surface area contributed by atoms with E-state index in [1.165, 1.54) is 12.0 Å². The zero-order valence-corrected chi connectivity index (χ0v) is 11.2. The van der Waals surface area contributed by atoms with Crippen molar-refractivity contribution in [3.8, 4) is 0 Å². The van der Waals surface area contributed by atoms with E-state index in [0.29, 0.717) is 5.92 Å². The first kappa shape index (κ1) is 16.5. The number of benzene rings is 1. The monoisotopic (exact) mass is 289 g/mol. The van der Waals surface area contributed by atoms with Gasteiger partial charge in [-0.2, -0.15) is 13.2 Å². The summed E-state index contributed by atoms with van der Waals surface area (Å²) in [5.41, 5.74) is 6.28. The van der Waals surface area contributed by atoms with Crippen molar-refractivity contribution >= 4 is 5.91 Å². The number of alkyl halides is 3. The predicted octanol–water partition coefficient (Wildman–Crippen LogP) is 2.73. The third-order valence-corrected chi connectivity index (χ3v) is 3.23. The minimum absolute atomic E-state index is 0.242. The van der Waals surface area contributed by atoms with Crippen LogP contribution in [0.2, 0.25) is 0 Å². The van der Waals surface area contributed by atoms with Gasteiger partial charge in [-0.15, -0.1) is 0 Å². The van der Waals surface area contributed by atoms with Crippen LogP contribution in [0.5, 0.6) is 0 Å². The minimum atomic E-state index is -4.86. The molecular formula is C14H18F3NO2. The Morgan fingerprint density at radius 2 is 1.90 bits per heavy atom. The van der Waals surface area contributed by atoms with E-state index in [2.05, 4.69) is 30.9 Å². The van der Waals surface area contributed by atoms with Gasteiger partial charge in [-0.25, -0.2) is 0 Å². The number of carbonyl (C=O) groups excluding carboxylic acids is 1. The van der Waals surface area contributed by atoms with Crippen LogP contribution in [-0.2, 0) is 11.2 Å². The number of nitrogens with two attached hydrogens (primary N) is 1. The van der Waals surface area contributed by atoms with Crippen LogP contribution in [0, 0.1) is 5.92 Å². The number of aryl methyl sites for hydroxylation is 1. The van der Waals surface area contributed by atoms with Crippen LogP contribution in [0.3, 0.4) is 0 Å². The number of aliphatic hydroxyl groups is 1. The zero-order chi connectivity index (χ0) is 15.3. The molecule has 0 heterocycles. The van der Waals surface area contributed by atoms with Crippen molar-refractivity contribution < 1.29 is 23.1 Å². The van der Waals surface area contributed by atoms with Gasteiger partial charge in [0.25, 0.3) is 0 Å². The second-order valence-corrected chi connectivity index (χ2v) is 4.96. The van der Waals surface area contributed by atoms with Crippen molar-refractivity contribution in [2.45, 2.75) is 38.5 Å². The molecule has 2 rings (SSSR count). The summed E-state index contributed by atoms with van der Waals surface area (Å²) in [6.07, 6.45) is -1.87. The maximum atomic E-state index is 10.7.